The minimum absolute atomic E-state index is 0.174. The summed E-state index contributed by atoms with van der Waals surface area (Å²) >= 11 is 1.45. The summed E-state index contributed by atoms with van der Waals surface area (Å²) in [6.07, 6.45) is 3.49. The molecule has 5 aromatic rings. The fourth-order valence-corrected chi connectivity index (χ4v) is 4.70. The van der Waals surface area contributed by atoms with E-state index in [-0.39, 0.29) is 5.56 Å². The average Bonchev–Trinajstić information content (AvgIpc) is 3.39. The van der Waals surface area contributed by atoms with Crippen LogP contribution in [-0.4, -0.2) is 24.7 Å². The lowest BCUT2D eigenvalue weighted by Gasteiger charge is -2.07. The number of aromatic nitrogens is 4. The van der Waals surface area contributed by atoms with Gasteiger partial charge in [0.25, 0.3) is 5.56 Å². The summed E-state index contributed by atoms with van der Waals surface area (Å²) in [7, 11) is 1.87. The molecule has 0 unspecified atom stereocenters. The third-order valence-corrected chi connectivity index (χ3v) is 6.65. The molecule has 0 saturated heterocycles. The second kappa shape index (κ2) is 9.52. The first kappa shape index (κ1) is 22.5. The zero-order valence-electron chi connectivity index (χ0n) is 19.7. The number of para-hydroxylation sites is 1. The van der Waals surface area contributed by atoms with Gasteiger partial charge in [-0.15, -0.1) is 11.3 Å². The molecular weight excluding hydrogens is 456 g/mol. The maximum atomic E-state index is 13.4. The third kappa shape index (κ3) is 4.31. The van der Waals surface area contributed by atoms with E-state index in [4.69, 9.17) is 10.1 Å². The molecule has 5 rings (SSSR count). The van der Waals surface area contributed by atoms with Crippen molar-refractivity contribution in [2.24, 2.45) is 17.1 Å². The van der Waals surface area contributed by atoms with Crippen LogP contribution in [0.5, 0.6) is 0 Å². The summed E-state index contributed by atoms with van der Waals surface area (Å²) in [4.78, 5) is 23.0. The summed E-state index contributed by atoms with van der Waals surface area (Å²) in [6.45, 7) is 3.86. The van der Waals surface area contributed by atoms with Gasteiger partial charge in [-0.05, 0) is 38.1 Å². The molecule has 174 valence electrons. The molecule has 3 heterocycles. The van der Waals surface area contributed by atoms with Crippen LogP contribution in [0.1, 0.15) is 18.2 Å². The Kier molecular flexibility index (Phi) is 6.12. The van der Waals surface area contributed by atoms with Crippen molar-refractivity contribution in [3.63, 3.8) is 0 Å². The molecule has 0 aliphatic carbocycles. The van der Waals surface area contributed by atoms with E-state index in [9.17, 15) is 4.79 Å². The predicted molar refractivity (Wildman–Crippen MR) is 141 cm³/mol. The molecular formula is C27H24N6OS. The second-order valence-corrected chi connectivity index (χ2v) is 8.86. The third-order valence-electron chi connectivity index (χ3n) is 5.83. The first-order valence-electron chi connectivity index (χ1n) is 11.2. The number of hydrogen-bond donors (Lipinski definition) is 0. The topological polar surface area (TPSA) is 69.5 Å². The number of pyridine rings is 1. The summed E-state index contributed by atoms with van der Waals surface area (Å²) in [5.41, 5.74) is 5.48. The summed E-state index contributed by atoms with van der Waals surface area (Å²) < 4.78 is 5.28. The average molecular weight is 481 g/mol. The van der Waals surface area contributed by atoms with Gasteiger partial charge in [-0.1, -0.05) is 48.5 Å². The van der Waals surface area contributed by atoms with Gasteiger partial charge in [0.05, 0.1) is 22.8 Å². The van der Waals surface area contributed by atoms with Crippen molar-refractivity contribution in [1.82, 2.24) is 19.0 Å². The minimum atomic E-state index is -0.174. The molecule has 35 heavy (non-hydrogen) atoms. The summed E-state index contributed by atoms with van der Waals surface area (Å²) in [5.74, 6) is 0. The highest BCUT2D eigenvalue weighted by Crippen LogP contribution is 2.22. The molecule has 0 N–H and O–H groups in total. The maximum Gasteiger partial charge on any atom is 0.297 e. The Hall–Kier alpha value is -4.30. The summed E-state index contributed by atoms with van der Waals surface area (Å²) in [5, 5.41) is 6.93. The Morgan fingerprint density at radius 2 is 1.60 bits per heavy atom. The lowest BCUT2D eigenvalue weighted by atomic mass is 10.2. The van der Waals surface area contributed by atoms with Crippen LogP contribution in [0, 0.1) is 6.92 Å². The highest BCUT2D eigenvalue weighted by atomic mass is 32.1. The molecule has 0 amide bonds. The van der Waals surface area contributed by atoms with Crippen molar-refractivity contribution in [3.05, 3.63) is 117 Å². The lowest BCUT2D eigenvalue weighted by Crippen LogP contribution is -2.20. The van der Waals surface area contributed by atoms with Crippen LogP contribution in [0.15, 0.2) is 105 Å². The van der Waals surface area contributed by atoms with E-state index in [1.54, 1.807) is 17.1 Å². The van der Waals surface area contributed by atoms with Crippen LogP contribution in [-0.2, 0) is 7.05 Å². The fourth-order valence-electron chi connectivity index (χ4n) is 3.86. The predicted octanol–water partition coefficient (Wildman–Crippen LogP) is 4.91. The van der Waals surface area contributed by atoms with Crippen LogP contribution in [0.4, 0.5) is 5.69 Å². The van der Waals surface area contributed by atoms with Gasteiger partial charge < -0.3 is 0 Å². The zero-order valence-corrected chi connectivity index (χ0v) is 20.5. The number of nitrogens with zero attached hydrogens (tertiary/aromatic N) is 6. The molecule has 0 fully saturated rings. The fraction of sp³-hybridized carbons (Fsp3) is 0.111. The molecule has 7 nitrogen and oxygen atoms in total. The maximum absolute atomic E-state index is 13.4. The molecule has 0 spiro atoms. The second-order valence-electron chi connectivity index (χ2n) is 8.02. The standard InChI is InChI=1S/C27H24N6OS/c1-19(21-14-16-28-17-15-21)30-32-24(22-10-6-4-7-11-22)18-35-27(32)29-25-20(2)31(3)33(26(25)34)23-12-8-5-9-13-23/h4-18H,1-3H3. The summed E-state index contributed by atoms with van der Waals surface area (Å²) in [6, 6.07) is 23.5. The van der Waals surface area contributed by atoms with E-state index < -0.39 is 0 Å². The van der Waals surface area contributed by atoms with Crippen LogP contribution in [0.25, 0.3) is 16.9 Å². The Balaban J connectivity index is 1.73. The van der Waals surface area contributed by atoms with Crippen LogP contribution >= 0.6 is 11.3 Å². The van der Waals surface area contributed by atoms with E-state index in [0.717, 1.165) is 33.9 Å². The zero-order chi connectivity index (χ0) is 24.4. The molecule has 8 heteroatoms. The Labute approximate surface area is 206 Å². The van der Waals surface area contributed by atoms with Crippen LogP contribution in [0.2, 0.25) is 0 Å². The molecule has 0 aliphatic heterocycles. The van der Waals surface area contributed by atoms with Gasteiger partial charge in [-0.3, -0.25) is 14.5 Å². The van der Waals surface area contributed by atoms with Crippen molar-refractivity contribution in [2.75, 3.05) is 0 Å². The number of benzene rings is 2. The molecule has 0 saturated carbocycles. The number of thiazole rings is 1. The van der Waals surface area contributed by atoms with Crippen molar-refractivity contribution in [1.29, 1.82) is 0 Å². The molecule has 0 radical (unpaired) electrons. The Morgan fingerprint density at radius 1 is 0.943 bits per heavy atom. The number of hydrogen-bond acceptors (Lipinski definition) is 5. The molecule has 0 atom stereocenters. The van der Waals surface area contributed by atoms with E-state index in [1.165, 1.54) is 11.3 Å². The SMILES string of the molecule is CC(=Nn1c(-c2ccccc2)csc1=Nc1c(C)n(C)n(-c2ccccc2)c1=O)c1ccncc1. The largest absolute Gasteiger partial charge is 0.297 e. The van der Waals surface area contributed by atoms with Crippen molar-refractivity contribution in [3.8, 4) is 16.9 Å². The quantitative estimate of drug-likeness (QED) is 0.335. The van der Waals surface area contributed by atoms with Gasteiger partial charge in [0.2, 0.25) is 4.80 Å². The van der Waals surface area contributed by atoms with Gasteiger partial charge in [0, 0.05) is 35.9 Å². The molecule has 3 aromatic heterocycles. The first-order valence-corrected chi connectivity index (χ1v) is 12.0. The lowest BCUT2D eigenvalue weighted by molar-refractivity contribution is 0.630. The highest BCUT2D eigenvalue weighted by molar-refractivity contribution is 7.07. The van der Waals surface area contributed by atoms with Crippen molar-refractivity contribution < 1.29 is 0 Å². The minimum Gasteiger partial charge on any atom is -0.283 e. The molecule has 0 aliphatic rings. The van der Waals surface area contributed by atoms with Crippen molar-refractivity contribution >= 4 is 22.7 Å². The Bertz CT molecular complexity index is 1620. The van der Waals surface area contributed by atoms with Gasteiger partial charge in [0.15, 0.2) is 5.69 Å². The van der Waals surface area contributed by atoms with E-state index >= 15 is 0 Å². The van der Waals surface area contributed by atoms with E-state index in [2.05, 4.69) is 4.98 Å². The molecule has 2 aromatic carbocycles. The normalized spacial score (nSPS) is 12.3. The van der Waals surface area contributed by atoms with Gasteiger partial charge in [0.1, 0.15) is 0 Å². The number of rotatable bonds is 5. The van der Waals surface area contributed by atoms with Gasteiger partial charge in [-0.2, -0.15) is 5.10 Å². The van der Waals surface area contributed by atoms with Crippen LogP contribution < -0.4 is 10.4 Å². The van der Waals surface area contributed by atoms with E-state index in [0.29, 0.717) is 10.5 Å². The van der Waals surface area contributed by atoms with Gasteiger partial charge in [-0.25, -0.2) is 14.4 Å². The monoisotopic (exact) mass is 480 g/mol. The first-order chi connectivity index (χ1) is 17.0. The van der Waals surface area contributed by atoms with Crippen molar-refractivity contribution in [2.45, 2.75) is 13.8 Å². The highest BCUT2D eigenvalue weighted by Gasteiger charge is 2.17. The Morgan fingerprint density at radius 3 is 2.29 bits per heavy atom. The smallest absolute Gasteiger partial charge is 0.283 e. The van der Waals surface area contributed by atoms with Gasteiger partial charge >= 0.3 is 0 Å². The van der Waals surface area contributed by atoms with Crippen LogP contribution in [0.3, 0.4) is 0 Å². The van der Waals surface area contributed by atoms with E-state index in [1.807, 2.05) is 108 Å². The molecule has 0 bridgehead atoms.